The molecule has 5 heteroatoms. The lowest BCUT2D eigenvalue weighted by molar-refractivity contribution is 0.0939. The molecule has 1 aromatic heterocycles. The average Bonchev–Trinajstić information content (AvgIpc) is 2.64. The molecule has 1 unspecified atom stereocenters. The van der Waals surface area contributed by atoms with E-state index in [2.05, 4.69) is 10.3 Å². The Labute approximate surface area is 150 Å². The molecule has 0 aliphatic rings. The number of carbonyl (C=O) groups is 1. The van der Waals surface area contributed by atoms with E-state index in [9.17, 15) is 13.6 Å². The summed E-state index contributed by atoms with van der Waals surface area (Å²) in [7, 11) is 0. The lowest BCUT2D eigenvalue weighted by Crippen LogP contribution is -2.27. The molecule has 3 aromatic rings. The van der Waals surface area contributed by atoms with Gasteiger partial charge in [-0.25, -0.2) is 8.78 Å². The zero-order valence-corrected chi connectivity index (χ0v) is 14.5. The Morgan fingerprint density at radius 1 is 1.00 bits per heavy atom. The summed E-state index contributed by atoms with van der Waals surface area (Å²) in [5, 5.41) is 2.79. The molecular weight excluding hydrogens is 334 g/mol. The smallest absolute Gasteiger partial charge is 0.253 e. The van der Waals surface area contributed by atoms with Gasteiger partial charge in [0.2, 0.25) is 0 Å². The minimum Gasteiger partial charge on any atom is -0.345 e. The van der Waals surface area contributed by atoms with Crippen molar-refractivity contribution < 1.29 is 13.6 Å². The lowest BCUT2D eigenvalue weighted by Gasteiger charge is -2.16. The predicted octanol–water partition coefficient (Wildman–Crippen LogP) is 4.83. The molecule has 0 spiro atoms. The molecule has 1 amide bonds. The normalized spacial score (nSPS) is 11.8. The van der Waals surface area contributed by atoms with Crippen LogP contribution in [-0.4, -0.2) is 10.9 Å². The number of amides is 1. The molecular formula is C21H18F2N2O. The molecule has 26 heavy (non-hydrogen) atoms. The summed E-state index contributed by atoms with van der Waals surface area (Å²) in [5.74, 6) is -2.16. The van der Waals surface area contributed by atoms with Crippen molar-refractivity contribution in [1.29, 1.82) is 0 Å². The Morgan fingerprint density at radius 3 is 2.38 bits per heavy atom. The fourth-order valence-corrected chi connectivity index (χ4v) is 2.71. The molecule has 1 atom stereocenters. The number of hydrogen-bond donors (Lipinski definition) is 1. The van der Waals surface area contributed by atoms with E-state index in [1.165, 1.54) is 6.07 Å². The van der Waals surface area contributed by atoms with Crippen LogP contribution >= 0.6 is 0 Å². The van der Waals surface area contributed by atoms with Crippen LogP contribution in [0.5, 0.6) is 0 Å². The Kier molecular flexibility index (Phi) is 5.07. The quantitative estimate of drug-likeness (QED) is 0.731. The molecule has 3 nitrogen and oxygen atoms in total. The summed E-state index contributed by atoms with van der Waals surface area (Å²) in [4.78, 5) is 17.0. The summed E-state index contributed by atoms with van der Waals surface area (Å²) in [6.07, 6.45) is 0. The maximum atomic E-state index is 13.4. The number of pyridine rings is 1. The molecule has 132 valence electrons. The van der Waals surface area contributed by atoms with Crippen molar-refractivity contribution in [1.82, 2.24) is 10.3 Å². The van der Waals surface area contributed by atoms with Crippen molar-refractivity contribution in [2.75, 3.05) is 0 Å². The van der Waals surface area contributed by atoms with E-state index in [1.54, 1.807) is 26.0 Å². The molecule has 0 saturated heterocycles. The van der Waals surface area contributed by atoms with Gasteiger partial charge in [-0.15, -0.1) is 0 Å². The molecule has 0 radical (unpaired) electrons. The van der Waals surface area contributed by atoms with Gasteiger partial charge in [-0.2, -0.15) is 0 Å². The monoisotopic (exact) mass is 352 g/mol. The summed E-state index contributed by atoms with van der Waals surface area (Å²) >= 11 is 0. The number of aromatic nitrogens is 1. The van der Waals surface area contributed by atoms with Gasteiger partial charge in [0, 0.05) is 5.56 Å². The molecule has 0 fully saturated rings. The number of benzene rings is 2. The molecule has 3 rings (SSSR count). The number of rotatable bonds is 4. The average molecular weight is 352 g/mol. The molecule has 0 saturated carbocycles. The number of nitrogens with zero attached hydrogens (tertiary/aromatic N) is 1. The number of hydrogen-bond acceptors (Lipinski definition) is 2. The van der Waals surface area contributed by atoms with Crippen LogP contribution in [0.2, 0.25) is 0 Å². The maximum Gasteiger partial charge on any atom is 0.253 e. The summed E-state index contributed by atoms with van der Waals surface area (Å²) in [6.45, 7) is 3.48. The summed E-state index contributed by atoms with van der Waals surface area (Å²) in [6, 6.07) is 16.3. The SMILES string of the molecule is Cc1nc(-c2ccccc2)ccc1C(=O)NC(C)c1ccc(F)c(F)c1. The van der Waals surface area contributed by atoms with E-state index in [0.717, 1.165) is 23.4 Å². The highest BCUT2D eigenvalue weighted by Crippen LogP contribution is 2.20. The van der Waals surface area contributed by atoms with Gasteiger partial charge >= 0.3 is 0 Å². The van der Waals surface area contributed by atoms with Crippen molar-refractivity contribution in [2.45, 2.75) is 19.9 Å². The number of carbonyl (C=O) groups excluding carboxylic acids is 1. The Balaban J connectivity index is 1.78. The van der Waals surface area contributed by atoms with Crippen molar-refractivity contribution in [2.24, 2.45) is 0 Å². The molecule has 0 aliphatic heterocycles. The zero-order valence-electron chi connectivity index (χ0n) is 14.5. The molecule has 2 aromatic carbocycles. The minimum atomic E-state index is -0.936. The van der Waals surface area contributed by atoms with Crippen LogP contribution in [0.1, 0.15) is 34.6 Å². The van der Waals surface area contributed by atoms with E-state index in [-0.39, 0.29) is 5.91 Å². The molecule has 1 heterocycles. The third kappa shape index (κ3) is 3.77. The van der Waals surface area contributed by atoms with Gasteiger partial charge in [-0.05, 0) is 43.7 Å². The van der Waals surface area contributed by atoms with Crippen LogP contribution in [-0.2, 0) is 0 Å². The van der Waals surface area contributed by atoms with Crippen LogP contribution in [0.3, 0.4) is 0 Å². The third-order valence-electron chi connectivity index (χ3n) is 4.19. The highest BCUT2D eigenvalue weighted by molar-refractivity contribution is 5.95. The van der Waals surface area contributed by atoms with Crippen LogP contribution < -0.4 is 5.32 Å². The van der Waals surface area contributed by atoms with Gasteiger partial charge in [0.05, 0.1) is 23.0 Å². The van der Waals surface area contributed by atoms with Crippen molar-refractivity contribution >= 4 is 5.91 Å². The van der Waals surface area contributed by atoms with E-state index in [4.69, 9.17) is 0 Å². The summed E-state index contributed by atoms with van der Waals surface area (Å²) < 4.78 is 26.4. The Bertz CT molecular complexity index is 942. The van der Waals surface area contributed by atoms with Crippen LogP contribution in [0.25, 0.3) is 11.3 Å². The van der Waals surface area contributed by atoms with E-state index >= 15 is 0 Å². The van der Waals surface area contributed by atoms with Gasteiger partial charge in [0.1, 0.15) is 0 Å². The summed E-state index contributed by atoms with van der Waals surface area (Å²) in [5.41, 5.74) is 3.29. The molecule has 1 N–H and O–H groups in total. The van der Waals surface area contributed by atoms with Crippen LogP contribution in [0, 0.1) is 18.6 Å². The largest absolute Gasteiger partial charge is 0.345 e. The fraction of sp³-hybridized carbons (Fsp3) is 0.143. The van der Waals surface area contributed by atoms with Crippen molar-refractivity contribution in [3.05, 3.63) is 89.1 Å². The predicted molar refractivity (Wildman–Crippen MR) is 96.6 cm³/mol. The van der Waals surface area contributed by atoms with Gasteiger partial charge in [0.25, 0.3) is 5.91 Å². The number of nitrogens with one attached hydrogen (secondary N) is 1. The third-order valence-corrected chi connectivity index (χ3v) is 4.19. The number of aryl methyl sites for hydroxylation is 1. The first kappa shape index (κ1) is 17.7. The van der Waals surface area contributed by atoms with E-state index < -0.39 is 17.7 Å². The van der Waals surface area contributed by atoms with E-state index in [0.29, 0.717) is 16.8 Å². The molecule has 0 bridgehead atoms. The topological polar surface area (TPSA) is 42.0 Å². The van der Waals surface area contributed by atoms with Gasteiger partial charge in [-0.1, -0.05) is 36.4 Å². The van der Waals surface area contributed by atoms with Crippen molar-refractivity contribution in [3.8, 4) is 11.3 Å². The second-order valence-corrected chi connectivity index (χ2v) is 6.06. The second kappa shape index (κ2) is 7.44. The zero-order chi connectivity index (χ0) is 18.7. The van der Waals surface area contributed by atoms with Crippen LogP contribution in [0.15, 0.2) is 60.7 Å². The minimum absolute atomic E-state index is 0.313. The number of halogens is 2. The van der Waals surface area contributed by atoms with Gasteiger partial charge in [0.15, 0.2) is 11.6 Å². The first-order chi connectivity index (χ1) is 12.5. The van der Waals surface area contributed by atoms with Gasteiger partial charge in [-0.3, -0.25) is 9.78 Å². The van der Waals surface area contributed by atoms with Crippen LogP contribution in [0.4, 0.5) is 8.78 Å². The Morgan fingerprint density at radius 2 is 1.73 bits per heavy atom. The highest BCUT2D eigenvalue weighted by atomic mass is 19.2. The van der Waals surface area contributed by atoms with Gasteiger partial charge < -0.3 is 5.32 Å². The lowest BCUT2D eigenvalue weighted by atomic mass is 10.1. The second-order valence-electron chi connectivity index (χ2n) is 6.06. The fourth-order valence-electron chi connectivity index (χ4n) is 2.71. The van der Waals surface area contributed by atoms with Crippen molar-refractivity contribution in [3.63, 3.8) is 0 Å². The maximum absolute atomic E-state index is 13.4. The standard InChI is InChI=1S/C21H18F2N2O/c1-13(16-8-10-18(22)19(23)12-16)25-21(26)17-9-11-20(24-14(17)2)15-6-4-3-5-7-15/h3-13H,1-2H3,(H,25,26). The first-order valence-corrected chi connectivity index (χ1v) is 8.24. The Hall–Kier alpha value is -3.08. The van der Waals surface area contributed by atoms with E-state index in [1.807, 2.05) is 30.3 Å². The highest BCUT2D eigenvalue weighted by Gasteiger charge is 2.16. The molecule has 0 aliphatic carbocycles. The first-order valence-electron chi connectivity index (χ1n) is 8.24.